The molecule has 1 aliphatic heterocycles. The molecule has 0 saturated heterocycles. The third-order valence-corrected chi connectivity index (χ3v) is 5.04. The molecular weight excluding hydrogens is 366 g/mol. The van der Waals surface area contributed by atoms with Crippen LogP contribution in [0, 0.1) is 0 Å². The van der Waals surface area contributed by atoms with Crippen molar-refractivity contribution in [3.8, 4) is 5.75 Å². The summed E-state index contributed by atoms with van der Waals surface area (Å²) in [6.45, 7) is 3.65. The van der Waals surface area contributed by atoms with Crippen molar-refractivity contribution in [2.45, 2.75) is 38.3 Å². The minimum atomic E-state index is -0.684. The molecule has 0 aromatic heterocycles. The highest BCUT2D eigenvalue weighted by Gasteiger charge is 2.39. The number of amides is 1. The molecule has 142 valence electrons. The average molecular weight is 388 g/mol. The highest BCUT2D eigenvalue weighted by Crippen LogP contribution is 2.39. The number of hydrogen-bond acceptors (Lipinski definition) is 4. The minimum Gasteiger partial charge on any atom is -0.481 e. The molecule has 0 N–H and O–H groups in total. The molecule has 3 rings (SSSR count). The summed E-state index contributed by atoms with van der Waals surface area (Å²) in [6.07, 6.45) is -0.181. The Morgan fingerprint density at radius 2 is 1.81 bits per heavy atom. The van der Waals surface area contributed by atoms with Crippen LogP contribution in [0.2, 0.25) is 5.02 Å². The molecule has 3 unspecified atom stereocenters. The summed E-state index contributed by atoms with van der Waals surface area (Å²) in [4.78, 5) is 27.1. The first-order valence-electron chi connectivity index (χ1n) is 8.84. The maximum absolute atomic E-state index is 13.1. The number of carbonyl (C=O) groups excluding carboxylic acids is 2. The average Bonchev–Trinajstić information content (AvgIpc) is 2.68. The predicted octanol–water partition coefficient (Wildman–Crippen LogP) is 4.19. The Balaban J connectivity index is 1.87. The van der Waals surface area contributed by atoms with Gasteiger partial charge < -0.3 is 14.4 Å². The van der Waals surface area contributed by atoms with Gasteiger partial charge in [0.15, 0.2) is 6.10 Å². The van der Waals surface area contributed by atoms with Gasteiger partial charge in [0, 0.05) is 16.8 Å². The third-order valence-electron chi connectivity index (χ3n) is 4.79. The van der Waals surface area contributed by atoms with Crippen molar-refractivity contribution in [3.05, 3.63) is 59.1 Å². The Morgan fingerprint density at radius 3 is 2.48 bits per heavy atom. The molecule has 2 aromatic rings. The SMILES string of the molecule is COC(=O)C1CC(C)N(C(=O)C(C)Oc2ccc(Cl)cc2)c2ccccc21. The molecule has 0 bridgehead atoms. The van der Waals surface area contributed by atoms with Gasteiger partial charge in [-0.25, -0.2) is 0 Å². The van der Waals surface area contributed by atoms with Crippen molar-refractivity contribution in [1.29, 1.82) is 0 Å². The first-order valence-corrected chi connectivity index (χ1v) is 9.22. The highest BCUT2D eigenvalue weighted by atomic mass is 35.5. The second-order valence-electron chi connectivity index (χ2n) is 6.64. The van der Waals surface area contributed by atoms with Gasteiger partial charge >= 0.3 is 5.97 Å². The summed E-state index contributed by atoms with van der Waals surface area (Å²) >= 11 is 5.89. The molecule has 0 spiro atoms. The maximum Gasteiger partial charge on any atom is 0.313 e. The third kappa shape index (κ3) is 3.93. The lowest BCUT2D eigenvalue weighted by Crippen LogP contribution is -2.49. The Morgan fingerprint density at radius 1 is 1.15 bits per heavy atom. The molecular formula is C21H22ClNO4. The Labute approximate surface area is 163 Å². The number of carbonyl (C=O) groups is 2. The first-order chi connectivity index (χ1) is 12.9. The Bertz CT molecular complexity index is 836. The van der Waals surface area contributed by atoms with E-state index in [0.29, 0.717) is 17.2 Å². The van der Waals surface area contributed by atoms with Crippen LogP contribution in [0.3, 0.4) is 0 Å². The summed E-state index contributed by atoms with van der Waals surface area (Å²) in [7, 11) is 1.38. The lowest BCUT2D eigenvalue weighted by molar-refractivity contribution is -0.143. The molecule has 27 heavy (non-hydrogen) atoms. The van der Waals surface area contributed by atoms with E-state index in [0.717, 1.165) is 11.3 Å². The number of methoxy groups -OCH3 is 1. The lowest BCUT2D eigenvalue weighted by Gasteiger charge is -2.39. The number of halogens is 1. The monoisotopic (exact) mass is 387 g/mol. The fraction of sp³-hybridized carbons (Fsp3) is 0.333. The van der Waals surface area contributed by atoms with Crippen LogP contribution >= 0.6 is 11.6 Å². The van der Waals surface area contributed by atoms with Gasteiger partial charge in [-0.1, -0.05) is 29.8 Å². The van der Waals surface area contributed by atoms with Crippen molar-refractivity contribution in [1.82, 2.24) is 0 Å². The Hall–Kier alpha value is -2.53. The molecule has 1 aliphatic rings. The highest BCUT2D eigenvalue weighted by molar-refractivity contribution is 6.30. The molecule has 0 aliphatic carbocycles. The quantitative estimate of drug-likeness (QED) is 0.738. The van der Waals surface area contributed by atoms with Crippen LogP contribution < -0.4 is 9.64 Å². The van der Waals surface area contributed by atoms with Crippen LogP contribution in [0.4, 0.5) is 5.69 Å². The van der Waals surface area contributed by atoms with E-state index in [4.69, 9.17) is 21.1 Å². The fourth-order valence-corrected chi connectivity index (χ4v) is 3.60. The molecule has 5 nitrogen and oxygen atoms in total. The largest absolute Gasteiger partial charge is 0.481 e. The van der Waals surface area contributed by atoms with Crippen molar-refractivity contribution in [2.75, 3.05) is 12.0 Å². The number of fused-ring (bicyclic) bond motifs is 1. The van der Waals surface area contributed by atoms with Crippen LogP contribution in [0.25, 0.3) is 0 Å². The smallest absolute Gasteiger partial charge is 0.313 e. The molecule has 1 amide bonds. The summed E-state index contributed by atoms with van der Waals surface area (Å²) in [5.74, 6) is -0.247. The van der Waals surface area contributed by atoms with Crippen molar-refractivity contribution >= 4 is 29.2 Å². The normalized spacial score (nSPS) is 19.8. The second-order valence-corrected chi connectivity index (χ2v) is 7.08. The number of esters is 1. The summed E-state index contributed by atoms with van der Waals surface area (Å²) in [5, 5.41) is 0.605. The zero-order valence-electron chi connectivity index (χ0n) is 15.5. The predicted molar refractivity (Wildman–Crippen MR) is 104 cm³/mol. The van der Waals surface area contributed by atoms with E-state index in [-0.39, 0.29) is 23.8 Å². The van der Waals surface area contributed by atoms with E-state index in [1.165, 1.54) is 7.11 Å². The molecule has 6 heteroatoms. The van der Waals surface area contributed by atoms with Crippen molar-refractivity contribution in [2.24, 2.45) is 0 Å². The summed E-state index contributed by atoms with van der Waals surface area (Å²) < 4.78 is 10.8. The number of rotatable bonds is 4. The van der Waals surface area contributed by atoms with E-state index in [9.17, 15) is 9.59 Å². The van der Waals surface area contributed by atoms with Gasteiger partial charge in [0.2, 0.25) is 0 Å². The van der Waals surface area contributed by atoms with Crippen LogP contribution in [0.15, 0.2) is 48.5 Å². The van der Waals surface area contributed by atoms with E-state index in [1.54, 1.807) is 36.1 Å². The topological polar surface area (TPSA) is 55.8 Å². The summed E-state index contributed by atoms with van der Waals surface area (Å²) in [5.41, 5.74) is 1.53. The number of anilines is 1. The minimum absolute atomic E-state index is 0.159. The molecule has 0 fully saturated rings. The number of hydrogen-bond donors (Lipinski definition) is 0. The van der Waals surface area contributed by atoms with Crippen LogP contribution in [-0.2, 0) is 14.3 Å². The molecule has 2 aromatic carbocycles. The first kappa shape index (κ1) is 19.2. The fourth-order valence-electron chi connectivity index (χ4n) is 3.48. The van der Waals surface area contributed by atoms with Gasteiger partial charge in [-0.3, -0.25) is 9.59 Å². The zero-order valence-corrected chi connectivity index (χ0v) is 16.3. The van der Waals surface area contributed by atoms with Gasteiger partial charge in [0.05, 0.1) is 13.0 Å². The van der Waals surface area contributed by atoms with Gasteiger partial charge in [-0.15, -0.1) is 0 Å². The van der Waals surface area contributed by atoms with Crippen LogP contribution in [0.5, 0.6) is 5.75 Å². The number of benzene rings is 2. The molecule has 3 atom stereocenters. The van der Waals surface area contributed by atoms with E-state index in [1.807, 2.05) is 31.2 Å². The standard InChI is InChI=1S/C21H22ClNO4/c1-13-12-18(21(25)26-3)17-6-4-5-7-19(17)23(13)20(24)14(2)27-16-10-8-15(22)9-11-16/h4-11,13-14,18H,12H2,1-3H3. The zero-order chi connectivity index (χ0) is 19.6. The van der Waals surface area contributed by atoms with Crippen LogP contribution in [-0.4, -0.2) is 31.1 Å². The molecule has 0 radical (unpaired) electrons. The van der Waals surface area contributed by atoms with E-state index < -0.39 is 6.10 Å². The molecule has 1 heterocycles. The number of nitrogens with zero attached hydrogens (tertiary/aromatic N) is 1. The van der Waals surface area contributed by atoms with Gasteiger partial charge in [-0.05, 0) is 56.2 Å². The molecule has 0 saturated carbocycles. The van der Waals surface area contributed by atoms with Gasteiger partial charge in [0.1, 0.15) is 5.75 Å². The van der Waals surface area contributed by atoms with Crippen molar-refractivity contribution in [3.63, 3.8) is 0 Å². The van der Waals surface area contributed by atoms with E-state index in [2.05, 4.69) is 0 Å². The Kier molecular flexibility index (Phi) is 5.71. The van der Waals surface area contributed by atoms with Gasteiger partial charge in [0.25, 0.3) is 5.91 Å². The summed E-state index contributed by atoms with van der Waals surface area (Å²) in [6, 6.07) is 14.2. The lowest BCUT2D eigenvalue weighted by atomic mass is 9.85. The van der Waals surface area contributed by atoms with Gasteiger partial charge in [-0.2, -0.15) is 0 Å². The van der Waals surface area contributed by atoms with Crippen molar-refractivity contribution < 1.29 is 19.1 Å². The second kappa shape index (κ2) is 8.01. The number of para-hydroxylation sites is 1. The van der Waals surface area contributed by atoms with Crippen LogP contribution in [0.1, 0.15) is 31.7 Å². The maximum atomic E-state index is 13.1. The number of ether oxygens (including phenoxy) is 2. The van der Waals surface area contributed by atoms with E-state index >= 15 is 0 Å².